The Kier molecular flexibility index (Phi) is 5.99. The minimum Gasteiger partial charge on any atom is -0.497 e. The maximum absolute atomic E-state index is 13.8. The molecule has 1 fully saturated rings. The molecule has 3 aromatic rings. The molecule has 7 heteroatoms. The van der Waals surface area contributed by atoms with E-state index in [0.29, 0.717) is 42.8 Å². The molecule has 158 valence electrons. The second-order valence-electron chi connectivity index (χ2n) is 7.59. The lowest BCUT2D eigenvalue weighted by Crippen LogP contribution is -2.40. The van der Waals surface area contributed by atoms with Crippen molar-refractivity contribution in [3.63, 3.8) is 0 Å². The molecule has 1 saturated heterocycles. The van der Waals surface area contributed by atoms with Crippen LogP contribution in [0.4, 0.5) is 10.1 Å². The van der Waals surface area contributed by atoms with Crippen LogP contribution in [-0.2, 0) is 11.3 Å². The minimum atomic E-state index is -0.317. The lowest BCUT2D eigenvalue weighted by molar-refractivity contribution is -0.125. The van der Waals surface area contributed by atoms with Crippen molar-refractivity contribution in [3.8, 4) is 11.8 Å². The van der Waals surface area contributed by atoms with Crippen LogP contribution in [0.15, 0.2) is 48.7 Å². The predicted octanol–water partition coefficient (Wildman–Crippen LogP) is 3.79. The van der Waals surface area contributed by atoms with Crippen molar-refractivity contribution in [1.29, 1.82) is 5.26 Å². The van der Waals surface area contributed by atoms with Gasteiger partial charge in [-0.25, -0.2) is 4.39 Å². The Morgan fingerprint density at radius 2 is 2.06 bits per heavy atom. The number of fused-ring (bicyclic) bond motifs is 1. The molecule has 6 nitrogen and oxygen atoms in total. The summed E-state index contributed by atoms with van der Waals surface area (Å²) < 4.78 is 19.1. The Hall–Kier alpha value is -3.66. The molecular formula is C24H23FN4O2. The summed E-state index contributed by atoms with van der Waals surface area (Å²) in [5.74, 6) is 0.193. The van der Waals surface area contributed by atoms with Crippen molar-refractivity contribution in [1.82, 2.24) is 10.3 Å². The van der Waals surface area contributed by atoms with Gasteiger partial charge < -0.3 is 15.0 Å². The maximum Gasteiger partial charge on any atom is 0.223 e. The molecule has 1 aliphatic heterocycles. The summed E-state index contributed by atoms with van der Waals surface area (Å²) in [6.45, 7) is 1.48. The molecule has 0 saturated carbocycles. The Balaban J connectivity index is 1.46. The van der Waals surface area contributed by atoms with Crippen molar-refractivity contribution >= 4 is 22.5 Å². The van der Waals surface area contributed by atoms with Gasteiger partial charge in [-0.15, -0.1) is 0 Å². The molecule has 0 aliphatic carbocycles. The second-order valence-corrected chi connectivity index (χ2v) is 7.59. The number of carbonyl (C=O) groups excluding carboxylic acids is 1. The average molecular weight is 418 g/mol. The number of aromatic nitrogens is 1. The van der Waals surface area contributed by atoms with E-state index in [9.17, 15) is 14.4 Å². The van der Waals surface area contributed by atoms with Gasteiger partial charge in [0.2, 0.25) is 5.91 Å². The number of piperidine rings is 1. The number of methoxy groups -OCH3 is 1. The number of anilines is 1. The highest BCUT2D eigenvalue weighted by Crippen LogP contribution is 2.34. The van der Waals surface area contributed by atoms with E-state index in [2.05, 4.69) is 21.3 Å². The van der Waals surface area contributed by atoms with Gasteiger partial charge in [-0.2, -0.15) is 5.26 Å². The van der Waals surface area contributed by atoms with Gasteiger partial charge in [-0.1, -0.05) is 18.2 Å². The lowest BCUT2D eigenvalue weighted by atomic mass is 9.94. The van der Waals surface area contributed by atoms with Crippen LogP contribution in [0.2, 0.25) is 0 Å². The van der Waals surface area contributed by atoms with Crippen molar-refractivity contribution in [2.45, 2.75) is 19.4 Å². The van der Waals surface area contributed by atoms with Crippen molar-refractivity contribution in [2.24, 2.45) is 5.92 Å². The van der Waals surface area contributed by atoms with Crippen molar-refractivity contribution < 1.29 is 13.9 Å². The first-order chi connectivity index (χ1) is 15.1. The average Bonchev–Trinajstić information content (AvgIpc) is 2.82. The van der Waals surface area contributed by atoms with E-state index in [-0.39, 0.29) is 24.2 Å². The van der Waals surface area contributed by atoms with E-state index >= 15 is 0 Å². The smallest absolute Gasteiger partial charge is 0.223 e. The van der Waals surface area contributed by atoms with Crippen LogP contribution in [0.1, 0.15) is 24.0 Å². The Morgan fingerprint density at radius 1 is 1.29 bits per heavy atom. The summed E-state index contributed by atoms with van der Waals surface area (Å²) in [4.78, 5) is 19.1. The molecule has 0 radical (unpaired) electrons. The van der Waals surface area contributed by atoms with E-state index in [4.69, 9.17) is 4.74 Å². The number of halogens is 1. The van der Waals surface area contributed by atoms with Gasteiger partial charge in [0.05, 0.1) is 23.9 Å². The van der Waals surface area contributed by atoms with Gasteiger partial charge in [0.1, 0.15) is 17.6 Å². The number of pyridine rings is 1. The molecule has 0 bridgehead atoms. The number of carbonyl (C=O) groups is 1. The zero-order valence-electron chi connectivity index (χ0n) is 17.3. The second kappa shape index (κ2) is 9.00. The molecule has 2 heterocycles. The van der Waals surface area contributed by atoms with Gasteiger partial charge in [0.25, 0.3) is 0 Å². The van der Waals surface area contributed by atoms with Crippen LogP contribution >= 0.6 is 0 Å². The number of nitrogens with one attached hydrogen (secondary N) is 1. The highest BCUT2D eigenvalue weighted by Gasteiger charge is 2.27. The number of nitriles is 1. The fraction of sp³-hybridized carbons (Fsp3) is 0.292. The summed E-state index contributed by atoms with van der Waals surface area (Å²) >= 11 is 0. The molecule has 0 spiro atoms. The predicted molar refractivity (Wildman–Crippen MR) is 116 cm³/mol. The van der Waals surface area contributed by atoms with Crippen molar-refractivity contribution in [3.05, 3.63) is 65.6 Å². The number of amides is 1. The van der Waals surface area contributed by atoms with E-state index in [1.807, 2.05) is 18.2 Å². The number of hydrogen-bond acceptors (Lipinski definition) is 5. The van der Waals surface area contributed by atoms with Crippen molar-refractivity contribution in [2.75, 3.05) is 25.1 Å². The molecule has 1 N–H and O–H groups in total. The quantitative estimate of drug-likeness (QED) is 0.682. The summed E-state index contributed by atoms with van der Waals surface area (Å²) in [5.41, 5.74) is 2.60. The topological polar surface area (TPSA) is 78.2 Å². The van der Waals surface area contributed by atoms with Gasteiger partial charge >= 0.3 is 0 Å². The lowest BCUT2D eigenvalue weighted by Gasteiger charge is -2.34. The first-order valence-electron chi connectivity index (χ1n) is 10.2. The standard InChI is InChI=1S/C24H23FN4O2/c1-31-19-6-7-20-22(12-19)27-15-18(13-26)23(20)29-10-8-16(9-11-29)24(30)28-14-17-4-2-3-5-21(17)25/h2-7,12,15-16H,8-11,14H2,1H3,(H,28,30). The minimum absolute atomic E-state index is 0.0623. The van der Waals surface area contributed by atoms with E-state index in [0.717, 1.165) is 16.6 Å². The first kappa shape index (κ1) is 20.6. The Morgan fingerprint density at radius 3 is 2.77 bits per heavy atom. The third-order valence-corrected chi connectivity index (χ3v) is 5.76. The number of ether oxygens (including phenoxy) is 1. The van der Waals surface area contributed by atoms with E-state index < -0.39 is 0 Å². The molecule has 4 rings (SSSR count). The van der Waals surface area contributed by atoms with E-state index in [1.54, 1.807) is 31.5 Å². The number of nitrogens with zero attached hydrogens (tertiary/aromatic N) is 3. The number of benzene rings is 2. The fourth-order valence-corrected chi connectivity index (χ4v) is 4.04. The van der Waals surface area contributed by atoms with Crippen LogP contribution in [-0.4, -0.2) is 31.1 Å². The molecular weight excluding hydrogens is 395 g/mol. The summed E-state index contributed by atoms with van der Waals surface area (Å²) in [7, 11) is 1.60. The fourth-order valence-electron chi connectivity index (χ4n) is 4.04. The normalized spacial score (nSPS) is 14.3. The highest BCUT2D eigenvalue weighted by atomic mass is 19.1. The highest BCUT2D eigenvalue weighted by molar-refractivity contribution is 5.95. The van der Waals surface area contributed by atoms with Crippen LogP contribution < -0.4 is 15.0 Å². The number of rotatable bonds is 5. The maximum atomic E-state index is 13.8. The van der Waals surface area contributed by atoms with Gasteiger partial charge in [-0.3, -0.25) is 9.78 Å². The summed E-state index contributed by atoms with van der Waals surface area (Å²) in [6, 6.07) is 14.3. The molecule has 31 heavy (non-hydrogen) atoms. The van der Waals surface area contributed by atoms with Gasteiger partial charge in [0, 0.05) is 48.8 Å². The third kappa shape index (κ3) is 4.29. The Labute approximate surface area is 180 Å². The third-order valence-electron chi connectivity index (χ3n) is 5.76. The zero-order valence-corrected chi connectivity index (χ0v) is 17.3. The Bertz CT molecular complexity index is 1150. The van der Waals surface area contributed by atoms with Gasteiger partial charge in [0.15, 0.2) is 0 Å². The van der Waals surface area contributed by atoms with Crippen LogP contribution in [0.3, 0.4) is 0 Å². The summed E-state index contributed by atoms with van der Waals surface area (Å²) in [5, 5.41) is 13.4. The molecule has 2 aromatic carbocycles. The molecule has 0 unspecified atom stereocenters. The SMILES string of the molecule is COc1ccc2c(N3CCC(C(=O)NCc4ccccc4F)CC3)c(C#N)cnc2c1. The van der Waals surface area contributed by atoms with Gasteiger partial charge in [-0.05, 0) is 31.0 Å². The molecule has 1 aliphatic rings. The van der Waals surface area contributed by atoms with Crippen LogP contribution in [0, 0.1) is 23.1 Å². The first-order valence-corrected chi connectivity index (χ1v) is 10.2. The van der Waals surface area contributed by atoms with Crippen LogP contribution in [0.25, 0.3) is 10.9 Å². The zero-order chi connectivity index (χ0) is 21.8. The largest absolute Gasteiger partial charge is 0.497 e. The number of hydrogen-bond donors (Lipinski definition) is 1. The molecule has 1 amide bonds. The molecule has 1 aromatic heterocycles. The van der Waals surface area contributed by atoms with Crippen LogP contribution in [0.5, 0.6) is 5.75 Å². The summed E-state index contributed by atoms with van der Waals surface area (Å²) in [6.07, 6.45) is 2.91. The van der Waals surface area contributed by atoms with E-state index in [1.165, 1.54) is 6.07 Å². The molecule has 0 atom stereocenters. The monoisotopic (exact) mass is 418 g/mol.